The summed E-state index contributed by atoms with van der Waals surface area (Å²) in [6.45, 7) is 0.831. The Bertz CT molecular complexity index is 897. The largest absolute Gasteiger partial charge is 0.416 e. The van der Waals surface area contributed by atoms with E-state index in [1.54, 1.807) is 13.1 Å². The van der Waals surface area contributed by atoms with Crippen LogP contribution in [-0.4, -0.2) is 28.0 Å². The topological polar surface area (TPSA) is 96.6 Å². The van der Waals surface area contributed by atoms with Gasteiger partial charge in [-0.15, -0.1) is 35.3 Å². The molecular formula is C16H20F3IN4O2S2. The average Bonchev–Trinajstić information content (AvgIpc) is 3.07. The van der Waals surface area contributed by atoms with E-state index in [4.69, 9.17) is 5.14 Å². The molecule has 1 aromatic carbocycles. The maximum absolute atomic E-state index is 12.5. The summed E-state index contributed by atoms with van der Waals surface area (Å²) >= 11 is 1.07. The lowest BCUT2D eigenvalue weighted by molar-refractivity contribution is -0.137. The van der Waals surface area contributed by atoms with E-state index in [9.17, 15) is 21.6 Å². The van der Waals surface area contributed by atoms with E-state index in [-0.39, 0.29) is 28.2 Å². The van der Waals surface area contributed by atoms with Gasteiger partial charge in [0.1, 0.15) is 4.21 Å². The van der Waals surface area contributed by atoms with Crippen LogP contribution in [0.25, 0.3) is 0 Å². The van der Waals surface area contributed by atoms with Gasteiger partial charge in [0.25, 0.3) is 0 Å². The molecule has 4 N–H and O–H groups in total. The molecule has 0 atom stereocenters. The summed E-state index contributed by atoms with van der Waals surface area (Å²) < 4.78 is 60.2. The van der Waals surface area contributed by atoms with Gasteiger partial charge in [-0.25, -0.2) is 13.6 Å². The van der Waals surface area contributed by atoms with E-state index >= 15 is 0 Å². The number of nitrogens with zero attached hydrogens (tertiary/aromatic N) is 1. The van der Waals surface area contributed by atoms with Gasteiger partial charge in [0, 0.05) is 18.5 Å². The van der Waals surface area contributed by atoms with E-state index in [2.05, 4.69) is 15.6 Å². The highest BCUT2D eigenvalue weighted by molar-refractivity contribution is 14.0. The molecule has 0 radical (unpaired) electrons. The predicted molar refractivity (Wildman–Crippen MR) is 114 cm³/mol. The van der Waals surface area contributed by atoms with Crippen LogP contribution in [0.4, 0.5) is 13.2 Å². The van der Waals surface area contributed by atoms with Crippen molar-refractivity contribution in [1.29, 1.82) is 0 Å². The molecule has 0 aliphatic carbocycles. The molecule has 2 aromatic rings. The van der Waals surface area contributed by atoms with Crippen LogP contribution < -0.4 is 15.8 Å². The van der Waals surface area contributed by atoms with Crippen molar-refractivity contribution < 1.29 is 21.6 Å². The van der Waals surface area contributed by atoms with Gasteiger partial charge >= 0.3 is 6.18 Å². The van der Waals surface area contributed by atoms with Crippen LogP contribution in [0, 0.1) is 0 Å². The molecule has 0 amide bonds. The van der Waals surface area contributed by atoms with E-state index in [1.165, 1.54) is 18.2 Å². The Kier molecular flexibility index (Phi) is 9.17. The highest BCUT2D eigenvalue weighted by atomic mass is 127. The number of benzene rings is 1. The predicted octanol–water partition coefficient (Wildman–Crippen LogP) is 2.94. The Labute approximate surface area is 182 Å². The second kappa shape index (κ2) is 10.4. The molecular weight excluding hydrogens is 528 g/mol. The number of halogens is 4. The molecule has 0 saturated carbocycles. The number of alkyl halides is 3. The molecule has 28 heavy (non-hydrogen) atoms. The van der Waals surface area contributed by atoms with E-state index in [1.807, 2.05) is 0 Å². The minimum Gasteiger partial charge on any atom is -0.356 e. The van der Waals surface area contributed by atoms with E-state index in [0.717, 1.165) is 33.9 Å². The number of thiophene rings is 1. The highest BCUT2D eigenvalue weighted by Gasteiger charge is 2.29. The number of aliphatic imine (C=N–C) groups is 1. The number of rotatable bonds is 6. The first-order chi connectivity index (χ1) is 12.6. The zero-order chi connectivity index (χ0) is 20.1. The summed E-state index contributed by atoms with van der Waals surface area (Å²) in [7, 11) is -2.13. The molecule has 1 aromatic heterocycles. The Morgan fingerprint density at radius 3 is 2.29 bits per heavy atom. The number of hydrogen-bond acceptors (Lipinski definition) is 4. The van der Waals surface area contributed by atoms with Crippen molar-refractivity contribution in [1.82, 2.24) is 10.6 Å². The highest BCUT2D eigenvalue weighted by Crippen LogP contribution is 2.29. The zero-order valence-corrected chi connectivity index (χ0v) is 18.7. The molecule has 6 nitrogen and oxygen atoms in total. The van der Waals surface area contributed by atoms with Gasteiger partial charge in [-0.2, -0.15) is 13.2 Å². The fourth-order valence-corrected chi connectivity index (χ4v) is 3.90. The molecule has 0 unspecified atom stereocenters. The lowest BCUT2D eigenvalue weighted by atomic mass is 10.1. The van der Waals surface area contributed by atoms with Crippen molar-refractivity contribution in [2.45, 2.75) is 23.4 Å². The molecule has 0 fully saturated rings. The fourth-order valence-electron chi connectivity index (χ4n) is 2.18. The minimum atomic E-state index is -4.34. The lowest BCUT2D eigenvalue weighted by Crippen LogP contribution is -2.37. The van der Waals surface area contributed by atoms with Gasteiger partial charge in [-0.1, -0.05) is 12.1 Å². The van der Waals surface area contributed by atoms with Crippen molar-refractivity contribution >= 4 is 51.3 Å². The third-order valence-electron chi connectivity index (χ3n) is 3.56. The molecule has 2 rings (SSSR count). The molecule has 1 heterocycles. The summed E-state index contributed by atoms with van der Waals surface area (Å²) in [5.41, 5.74) is 0.0912. The lowest BCUT2D eigenvalue weighted by Gasteiger charge is -2.12. The van der Waals surface area contributed by atoms with Gasteiger partial charge in [-0.3, -0.25) is 4.99 Å². The van der Waals surface area contributed by atoms with Crippen LogP contribution in [0.5, 0.6) is 0 Å². The van der Waals surface area contributed by atoms with Crippen LogP contribution in [0.3, 0.4) is 0 Å². The zero-order valence-electron chi connectivity index (χ0n) is 14.8. The number of nitrogens with two attached hydrogens (primary N) is 1. The number of nitrogens with one attached hydrogen (secondary N) is 2. The second-order valence-corrected chi connectivity index (χ2v) is 8.52. The summed E-state index contributed by atoms with van der Waals surface area (Å²) in [5.74, 6) is 0.493. The maximum Gasteiger partial charge on any atom is 0.416 e. The van der Waals surface area contributed by atoms with Crippen LogP contribution in [0.15, 0.2) is 45.6 Å². The molecule has 156 valence electrons. The molecule has 0 aliphatic heterocycles. The van der Waals surface area contributed by atoms with Crippen molar-refractivity contribution in [3.8, 4) is 0 Å². The van der Waals surface area contributed by atoms with Crippen LogP contribution in [0.1, 0.15) is 16.0 Å². The van der Waals surface area contributed by atoms with E-state index < -0.39 is 21.8 Å². The minimum absolute atomic E-state index is 0. The normalized spacial score (nSPS) is 12.4. The Hall–Kier alpha value is -1.38. The third kappa shape index (κ3) is 7.56. The van der Waals surface area contributed by atoms with E-state index in [0.29, 0.717) is 25.5 Å². The summed E-state index contributed by atoms with van der Waals surface area (Å²) in [5, 5.41) is 11.1. The summed E-state index contributed by atoms with van der Waals surface area (Å²) in [6.07, 6.45) is -3.82. The monoisotopic (exact) mass is 548 g/mol. The van der Waals surface area contributed by atoms with Crippen LogP contribution in [-0.2, 0) is 29.2 Å². The van der Waals surface area contributed by atoms with Crippen molar-refractivity contribution in [3.63, 3.8) is 0 Å². The fraction of sp³-hybridized carbons (Fsp3) is 0.312. The molecule has 0 spiro atoms. The van der Waals surface area contributed by atoms with Crippen molar-refractivity contribution in [3.05, 3.63) is 52.4 Å². The first kappa shape index (κ1) is 24.7. The average molecular weight is 548 g/mol. The Balaban J connectivity index is 0.00000392. The van der Waals surface area contributed by atoms with Crippen molar-refractivity contribution in [2.24, 2.45) is 10.1 Å². The van der Waals surface area contributed by atoms with Crippen LogP contribution >= 0.6 is 35.3 Å². The quantitative estimate of drug-likeness (QED) is 0.294. The number of hydrogen-bond donors (Lipinski definition) is 3. The van der Waals surface area contributed by atoms with Gasteiger partial charge in [0.05, 0.1) is 12.1 Å². The van der Waals surface area contributed by atoms with Crippen LogP contribution in [0.2, 0.25) is 0 Å². The summed E-state index contributed by atoms with van der Waals surface area (Å²) in [4.78, 5) is 4.81. The number of sulfonamides is 1. The first-order valence-electron chi connectivity index (χ1n) is 7.82. The Morgan fingerprint density at radius 1 is 1.14 bits per heavy atom. The Morgan fingerprint density at radius 2 is 1.79 bits per heavy atom. The maximum atomic E-state index is 12.5. The first-order valence-corrected chi connectivity index (χ1v) is 10.2. The molecule has 0 bridgehead atoms. The molecule has 0 aliphatic rings. The smallest absolute Gasteiger partial charge is 0.356 e. The van der Waals surface area contributed by atoms with Gasteiger partial charge in [0.2, 0.25) is 10.0 Å². The SMILES string of the molecule is CN=C(NCCc1ccc(C(F)(F)F)cc1)NCc1ccc(S(N)(=O)=O)s1.I. The molecule has 12 heteroatoms. The second-order valence-electron chi connectivity index (χ2n) is 5.56. The van der Waals surface area contributed by atoms with Crippen molar-refractivity contribution in [2.75, 3.05) is 13.6 Å². The summed E-state index contributed by atoms with van der Waals surface area (Å²) in [6, 6.07) is 8.11. The van der Waals surface area contributed by atoms with Gasteiger partial charge < -0.3 is 10.6 Å². The number of primary sulfonamides is 1. The molecule has 0 saturated heterocycles. The third-order valence-corrected chi connectivity index (χ3v) is 6.08. The van der Waals surface area contributed by atoms with Gasteiger partial charge in [-0.05, 0) is 36.2 Å². The van der Waals surface area contributed by atoms with Gasteiger partial charge in [0.15, 0.2) is 5.96 Å². The number of guanidine groups is 1. The standard InChI is InChI=1S/C16H19F3N4O2S2.HI/c1-21-15(23-10-13-6-7-14(26-13)27(20,24)25)22-9-8-11-2-4-12(5-3-11)16(17,18)19;/h2-7H,8-10H2,1H3,(H2,20,24,25)(H2,21,22,23);1H.